The Labute approximate surface area is 127 Å². The van der Waals surface area contributed by atoms with Crippen LogP contribution in [-0.4, -0.2) is 6.61 Å². The van der Waals surface area contributed by atoms with Gasteiger partial charge in [-0.2, -0.15) is 8.78 Å². The molecular formula is C13H13BrF2N2OS. The Hall–Kier alpha value is -1.02. The minimum Gasteiger partial charge on any atom is -0.435 e. The highest BCUT2D eigenvalue weighted by molar-refractivity contribution is 9.10. The summed E-state index contributed by atoms with van der Waals surface area (Å²) in [7, 11) is 0. The molecule has 0 aliphatic rings. The Morgan fingerprint density at radius 3 is 2.45 bits per heavy atom. The van der Waals surface area contributed by atoms with E-state index in [4.69, 9.17) is 5.84 Å². The summed E-state index contributed by atoms with van der Waals surface area (Å²) in [5.41, 5.74) is 3.65. The number of alkyl halides is 2. The summed E-state index contributed by atoms with van der Waals surface area (Å²) in [6.07, 6.45) is 0.712. The third kappa shape index (κ3) is 3.99. The van der Waals surface area contributed by atoms with Crippen molar-refractivity contribution in [2.24, 2.45) is 5.84 Å². The highest BCUT2D eigenvalue weighted by Crippen LogP contribution is 2.28. The normalized spacial score (nSPS) is 12.7. The van der Waals surface area contributed by atoms with Crippen LogP contribution in [0.5, 0.6) is 5.75 Å². The van der Waals surface area contributed by atoms with E-state index in [0.717, 1.165) is 10.0 Å². The molecule has 0 fully saturated rings. The highest BCUT2D eigenvalue weighted by Gasteiger charge is 2.14. The van der Waals surface area contributed by atoms with E-state index in [-0.39, 0.29) is 11.8 Å². The lowest BCUT2D eigenvalue weighted by Crippen LogP contribution is -2.29. The predicted octanol–water partition coefficient (Wildman–Crippen LogP) is 3.86. The molecule has 0 saturated carbocycles. The van der Waals surface area contributed by atoms with E-state index in [1.54, 1.807) is 23.5 Å². The Morgan fingerprint density at radius 2 is 1.95 bits per heavy atom. The lowest BCUT2D eigenvalue weighted by atomic mass is 10.0. The first-order valence-electron chi connectivity index (χ1n) is 5.83. The number of hydrazine groups is 1. The van der Waals surface area contributed by atoms with Crippen molar-refractivity contribution in [2.75, 3.05) is 0 Å². The van der Waals surface area contributed by atoms with Gasteiger partial charge in [0.2, 0.25) is 0 Å². The molecule has 1 aromatic heterocycles. The van der Waals surface area contributed by atoms with Gasteiger partial charge in [-0.25, -0.2) is 0 Å². The second kappa shape index (κ2) is 7.12. The molecule has 0 amide bonds. The zero-order valence-corrected chi connectivity index (χ0v) is 12.8. The van der Waals surface area contributed by atoms with Gasteiger partial charge in [0.05, 0.1) is 6.04 Å². The van der Waals surface area contributed by atoms with Crippen molar-refractivity contribution in [1.29, 1.82) is 0 Å². The van der Waals surface area contributed by atoms with Gasteiger partial charge in [0.1, 0.15) is 5.75 Å². The van der Waals surface area contributed by atoms with Gasteiger partial charge in [0.25, 0.3) is 0 Å². The molecule has 1 unspecified atom stereocenters. The highest BCUT2D eigenvalue weighted by atomic mass is 79.9. The van der Waals surface area contributed by atoms with Gasteiger partial charge < -0.3 is 4.74 Å². The van der Waals surface area contributed by atoms with Crippen molar-refractivity contribution in [3.05, 3.63) is 50.6 Å². The van der Waals surface area contributed by atoms with Crippen LogP contribution in [0.15, 0.2) is 40.2 Å². The smallest absolute Gasteiger partial charge is 0.387 e. The number of halogens is 3. The van der Waals surface area contributed by atoms with Gasteiger partial charge in [-0.1, -0.05) is 12.1 Å². The molecule has 3 nitrogen and oxygen atoms in total. The summed E-state index contributed by atoms with van der Waals surface area (Å²) < 4.78 is 29.5. The number of nitrogens with one attached hydrogen (secondary N) is 1. The number of thiophene rings is 1. The quantitative estimate of drug-likeness (QED) is 0.605. The van der Waals surface area contributed by atoms with Crippen LogP contribution in [0.25, 0.3) is 0 Å². The fourth-order valence-electron chi connectivity index (χ4n) is 1.81. The van der Waals surface area contributed by atoms with Crippen LogP contribution >= 0.6 is 27.3 Å². The second-order valence-corrected chi connectivity index (χ2v) is 5.92. The van der Waals surface area contributed by atoms with Crippen molar-refractivity contribution in [3.63, 3.8) is 0 Å². The minimum atomic E-state index is -2.81. The van der Waals surface area contributed by atoms with Crippen LogP contribution in [0.3, 0.4) is 0 Å². The maximum Gasteiger partial charge on any atom is 0.387 e. The van der Waals surface area contributed by atoms with Gasteiger partial charge in [0.15, 0.2) is 0 Å². The first-order chi connectivity index (χ1) is 9.60. The van der Waals surface area contributed by atoms with E-state index in [2.05, 4.69) is 26.1 Å². The first-order valence-corrected chi connectivity index (χ1v) is 7.50. The summed E-state index contributed by atoms with van der Waals surface area (Å²) >= 11 is 5.11. The van der Waals surface area contributed by atoms with Gasteiger partial charge in [-0.15, -0.1) is 11.3 Å². The fraction of sp³-hybridized carbons (Fsp3) is 0.231. The van der Waals surface area contributed by atoms with Gasteiger partial charge in [-0.05, 0) is 45.1 Å². The summed E-state index contributed by atoms with van der Waals surface area (Å²) in [6.45, 7) is -2.81. The lowest BCUT2D eigenvalue weighted by Gasteiger charge is -2.16. The predicted molar refractivity (Wildman–Crippen MR) is 78.9 cm³/mol. The number of hydrogen-bond acceptors (Lipinski definition) is 4. The maximum atomic E-state index is 12.1. The summed E-state index contributed by atoms with van der Waals surface area (Å²) in [4.78, 5) is 1.17. The van der Waals surface area contributed by atoms with E-state index < -0.39 is 6.61 Å². The maximum absolute atomic E-state index is 12.1. The van der Waals surface area contributed by atoms with E-state index >= 15 is 0 Å². The van der Waals surface area contributed by atoms with Crippen LogP contribution < -0.4 is 16.0 Å². The standard InChI is InChI=1S/C13H13BrF2N2OS/c14-10-5-6-20-12(10)7-11(18-17)8-1-3-9(4-2-8)19-13(15)16/h1-6,11,13,18H,7,17H2. The molecule has 1 aromatic carbocycles. The summed E-state index contributed by atoms with van der Waals surface area (Å²) in [5, 5.41) is 1.99. The summed E-state index contributed by atoms with van der Waals surface area (Å²) in [5.74, 6) is 5.71. The van der Waals surface area contributed by atoms with Crippen LogP contribution in [0.2, 0.25) is 0 Å². The van der Waals surface area contributed by atoms with E-state index in [0.29, 0.717) is 6.42 Å². The third-order valence-corrected chi connectivity index (χ3v) is 4.74. The molecule has 0 aliphatic heterocycles. The van der Waals surface area contributed by atoms with Gasteiger partial charge in [0, 0.05) is 15.8 Å². The van der Waals surface area contributed by atoms with Crippen molar-refractivity contribution in [3.8, 4) is 5.75 Å². The first kappa shape index (κ1) is 15.4. The molecule has 7 heteroatoms. The van der Waals surface area contributed by atoms with Crippen molar-refractivity contribution >= 4 is 27.3 Å². The van der Waals surface area contributed by atoms with Crippen LogP contribution in [0.1, 0.15) is 16.5 Å². The molecule has 2 aromatic rings. The molecule has 0 radical (unpaired) electrons. The number of rotatable bonds is 6. The zero-order chi connectivity index (χ0) is 14.5. The van der Waals surface area contributed by atoms with Gasteiger partial charge in [-0.3, -0.25) is 11.3 Å². The van der Waals surface area contributed by atoms with Crippen molar-refractivity contribution in [2.45, 2.75) is 19.1 Å². The van der Waals surface area contributed by atoms with E-state index in [1.165, 1.54) is 17.0 Å². The average Bonchev–Trinajstić information content (AvgIpc) is 2.82. The van der Waals surface area contributed by atoms with Crippen LogP contribution in [0.4, 0.5) is 8.78 Å². The number of ether oxygens (including phenoxy) is 1. The zero-order valence-electron chi connectivity index (χ0n) is 10.4. The largest absolute Gasteiger partial charge is 0.435 e. The third-order valence-electron chi connectivity index (χ3n) is 2.79. The molecular weight excluding hydrogens is 350 g/mol. The number of hydrogen-bond donors (Lipinski definition) is 2. The Balaban J connectivity index is 2.09. The monoisotopic (exact) mass is 362 g/mol. The van der Waals surface area contributed by atoms with Crippen LogP contribution in [-0.2, 0) is 6.42 Å². The molecule has 2 rings (SSSR count). The van der Waals surface area contributed by atoms with E-state index in [1.807, 2.05) is 11.4 Å². The second-order valence-electron chi connectivity index (χ2n) is 4.06. The lowest BCUT2D eigenvalue weighted by molar-refractivity contribution is -0.0498. The SMILES string of the molecule is NNC(Cc1sccc1Br)c1ccc(OC(F)F)cc1. The average molecular weight is 363 g/mol. The molecule has 0 spiro atoms. The Bertz CT molecular complexity index is 548. The molecule has 3 N–H and O–H groups in total. The molecule has 0 bridgehead atoms. The fourth-order valence-corrected chi connectivity index (χ4v) is 3.37. The number of benzene rings is 1. The molecule has 108 valence electrons. The molecule has 1 atom stereocenters. The molecule has 1 heterocycles. The molecule has 20 heavy (non-hydrogen) atoms. The van der Waals surface area contributed by atoms with E-state index in [9.17, 15) is 8.78 Å². The summed E-state index contributed by atoms with van der Waals surface area (Å²) in [6, 6.07) is 8.36. The van der Waals surface area contributed by atoms with Gasteiger partial charge >= 0.3 is 6.61 Å². The van der Waals surface area contributed by atoms with Crippen LogP contribution in [0, 0.1) is 0 Å². The molecule has 0 saturated heterocycles. The minimum absolute atomic E-state index is 0.0921. The van der Waals surface area contributed by atoms with Crippen molar-refractivity contribution in [1.82, 2.24) is 5.43 Å². The number of nitrogens with two attached hydrogens (primary N) is 1. The van der Waals surface area contributed by atoms with Crippen molar-refractivity contribution < 1.29 is 13.5 Å². The Kier molecular flexibility index (Phi) is 5.47. The topological polar surface area (TPSA) is 47.3 Å². The Morgan fingerprint density at radius 1 is 1.25 bits per heavy atom. The molecule has 0 aliphatic carbocycles.